The maximum Gasteiger partial charge on any atom is 0.229 e. The van der Waals surface area contributed by atoms with Crippen LogP contribution in [0.2, 0.25) is 0 Å². The molecule has 0 bridgehead atoms. The molecule has 1 aliphatic heterocycles. The minimum atomic E-state index is -0.478. The average molecular weight is 427 g/mol. The van der Waals surface area contributed by atoms with Gasteiger partial charge in [0.1, 0.15) is 5.75 Å². The van der Waals surface area contributed by atoms with Crippen molar-refractivity contribution in [2.45, 2.75) is 19.8 Å². The number of anilines is 3. The molecule has 1 aromatic carbocycles. The first-order valence-electron chi connectivity index (χ1n) is 10.2. The summed E-state index contributed by atoms with van der Waals surface area (Å²) in [5.74, 6) is 1.74. The van der Waals surface area contributed by atoms with Crippen molar-refractivity contribution in [3.05, 3.63) is 36.0 Å². The Bertz CT molecular complexity index is 1030. The number of methoxy groups -OCH3 is 1. The Morgan fingerprint density at radius 3 is 2.74 bits per heavy atom. The fraction of sp³-hybridized carbons (Fsp3) is 0.450. The largest absolute Gasteiger partial charge is 0.497 e. The number of aryl methyl sites for hydroxylation is 1. The zero-order valence-corrected chi connectivity index (χ0v) is 17.8. The van der Waals surface area contributed by atoms with E-state index in [0.717, 1.165) is 25.9 Å². The van der Waals surface area contributed by atoms with Gasteiger partial charge in [0.05, 0.1) is 19.0 Å². The Morgan fingerprint density at radius 2 is 2.03 bits per heavy atom. The van der Waals surface area contributed by atoms with Crippen molar-refractivity contribution in [2.75, 3.05) is 44.4 Å². The van der Waals surface area contributed by atoms with Crippen LogP contribution in [0.5, 0.6) is 5.75 Å². The molecule has 10 nitrogen and oxygen atoms in total. The lowest BCUT2D eigenvalue weighted by molar-refractivity contribution is 0.226. The van der Waals surface area contributed by atoms with Gasteiger partial charge in [-0.25, -0.2) is 9.37 Å². The summed E-state index contributed by atoms with van der Waals surface area (Å²) in [6.07, 6.45) is 3.34. The van der Waals surface area contributed by atoms with Gasteiger partial charge < -0.3 is 20.3 Å². The van der Waals surface area contributed by atoms with Gasteiger partial charge in [0.2, 0.25) is 5.95 Å². The highest BCUT2D eigenvalue weighted by Gasteiger charge is 2.17. The maximum atomic E-state index is 14.3. The van der Waals surface area contributed by atoms with Crippen molar-refractivity contribution in [3.63, 3.8) is 0 Å². The summed E-state index contributed by atoms with van der Waals surface area (Å²) in [7, 11) is 3.70. The second kappa shape index (κ2) is 9.21. The van der Waals surface area contributed by atoms with Crippen LogP contribution in [0.25, 0.3) is 5.69 Å². The normalized spacial score (nSPS) is 15.1. The molecule has 0 radical (unpaired) electrons. The van der Waals surface area contributed by atoms with Gasteiger partial charge >= 0.3 is 0 Å². The number of rotatable bonds is 7. The first-order chi connectivity index (χ1) is 15.0. The third-order valence-corrected chi connectivity index (χ3v) is 5.39. The number of tetrazole rings is 1. The van der Waals surface area contributed by atoms with Gasteiger partial charge in [0.15, 0.2) is 17.5 Å². The van der Waals surface area contributed by atoms with Crippen molar-refractivity contribution in [3.8, 4) is 11.4 Å². The van der Waals surface area contributed by atoms with E-state index in [1.165, 1.54) is 6.20 Å². The van der Waals surface area contributed by atoms with Crippen molar-refractivity contribution in [1.82, 2.24) is 35.1 Å². The van der Waals surface area contributed by atoms with Crippen LogP contribution in [0.1, 0.15) is 18.7 Å². The first kappa shape index (κ1) is 20.9. The van der Waals surface area contributed by atoms with Crippen LogP contribution < -0.4 is 15.4 Å². The molecule has 0 unspecified atom stereocenters. The summed E-state index contributed by atoms with van der Waals surface area (Å²) in [6, 6.07) is 5.44. The maximum absolute atomic E-state index is 14.3. The predicted octanol–water partition coefficient (Wildman–Crippen LogP) is 2.41. The zero-order valence-electron chi connectivity index (χ0n) is 17.8. The van der Waals surface area contributed by atoms with E-state index in [2.05, 4.69) is 48.1 Å². The molecule has 0 amide bonds. The summed E-state index contributed by atoms with van der Waals surface area (Å²) < 4.78 is 21.2. The standard InChI is InChI=1S/C20H26FN9O/c1-13-26-27-28-30(13)16-8-15(9-17(10-16)31-3)24-20-23-12-18(21)19(25-20)22-11-14-4-6-29(2)7-5-14/h8-10,12,14H,4-7,11H2,1-3H3,(H2,22,23,24,25). The van der Waals surface area contributed by atoms with Crippen molar-refractivity contribution >= 4 is 17.5 Å². The third-order valence-electron chi connectivity index (χ3n) is 5.39. The number of likely N-dealkylation sites (tertiary alicyclic amines) is 1. The minimum absolute atomic E-state index is 0.191. The van der Waals surface area contributed by atoms with Crippen LogP contribution in [0, 0.1) is 18.7 Å². The molecule has 1 saturated heterocycles. The summed E-state index contributed by atoms with van der Waals surface area (Å²) in [5.41, 5.74) is 1.38. The lowest BCUT2D eigenvalue weighted by atomic mass is 9.97. The van der Waals surface area contributed by atoms with Gasteiger partial charge in [-0.05, 0) is 62.3 Å². The highest BCUT2D eigenvalue weighted by atomic mass is 19.1. The Hall–Kier alpha value is -3.34. The number of halogens is 1. The molecule has 164 valence electrons. The van der Waals surface area contributed by atoms with Crippen LogP contribution in [0.3, 0.4) is 0 Å². The zero-order chi connectivity index (χ0) is 21.8. The highest BCUT2D eigenvalue weighted by Crippen LogP contribution is 2.26. The molecule has 3 aromatic rings. The molecular formula is C20H26FN9O. The molecule has 0 saturated carbocycles. The first-order valence-corrected chi connectivity index (χ1v) is 10.2. The van der Waals surface area contributed by atoms with Crippen LogP contribution in [0.4, 0.5) is 21.8 Å². The monoisotopic (exact) mass is 427 g/mol. The summed E-state index contributed by atoms with van der Waals surface area (Å²) in [6.45, 7) is 4.61. The van der Waals surface area contributed by atoms with Crippen LogP contribution in [0.15, 0.2) is 24.4 Å². The predicted molar refractivity (Wildman–Crippen MR) is 114 cm³/mol. The number of ether oxygens (including phenoxy) is 1. The molecule has 11 heteroatoms. The van der Waals surface area contributed by atoms with Gasteiger partial charge in [-0.3, -0.25) is 0 Å². The van der Waals surface area contributed by atoms with Crippen molar-refractivity contribution in [2.24, 2.45) is 5.92 Å². The Balaban J connectivity index is 1.50. The lowest BCUT2D eigenvalue weighted by Crippen LogP contribution is -2.33. The molecule has 2 aromatic heterocycles. The van der Waals surface area contributed by atoms with Gasteiger partial charge in [-0.1, -0.05) is 0 Å². The van der Waals surface area contributed by atoms with E-state index in [1.807, 2.05) is 12.1 Å². The smallest absolute Gasteiger partial charge is 0.229 e. The topological polar surface area (TPSA) is 106 Å². The van der Waals surface area contributed by atoms with E-state index >= 15 is 0 Å². The average Bonchev–Trinajstić information content (AvgIpc) is 3.21. The second-order valence-corrected chi connectivity index (χ2v) is 7.70. The molecule has 1 aliphatic rings. The van der Waals surface area contributed by atoms with Gasteiger partial charge in [-0.15, -0.1) is 5.10 Å². The van der Waals surface area contributed by atoms with Gasteiger partial charge in [0.25, 0.3) is 0 Å². The number of hydrogen-bond acceptors (Lipinski definition) is 9. The Kier molecular flexibility index (Phi) is 6.21. The molecule has 0 spiro atoms. The lowest BCUT2D eigenvalue weighted by Gasteiger charge is -2.29. The number of aromatic nitrogens is 6. The quantitative estimate of drug-likeness (QED) is 0.588. The molecule has 1 fully saturated rings. The third kappa shape index (κ3) is 5.05. The van der Waals surface area contributed by atoms with Crippen molar-refractivity contribution in [1.29, 1.82) is 0 Å². The summed E-state index contributed by atoms with van der Waals surface area (Å²) >= 11 is 0. The number of benzene rings is 1. The molecule has 2 N–H and O–H groups in total. The van der Waals surface area contributed by atoms with E-state index in [9.17, 15) is 4.39 Å². The number of piperidine rings is 1. The number of hydrogen-bond donors (Lipinski definition) is 2. The summed E-state index contributed by atoms with van der Waals surface area (Å²) in [5, 5.41) is 17.8. The molecule has 0 atom stereocenters. The number of nitrogens with zero attached hydrogens (tertiary/aromatic N) is 7. The Labute approximate surface area is 179 Å². The summed E-state index contributed by atoms with van der Waals surface area (Å²) in [4.78, 5) is 10.7. The van der Waals surface area contributed by atoms with Gasteiger partial charge in [0, 0.05) is 24.4 Å². The molecule has 4 rings (SSSR count). The Morgan fingerprint density at radius 1 is 1.23 bits per heavy atom. The van der Waals surface area contributed by atoms with Crippen LogP contribution >= 0.6 is 0 Å². The van der Waals surface area contributed by atoms with Crippen LogP contribution in [-0.2, 0) is 0 Å². The molecule has 0 aliphatic carbocycles. The second-order valence-electron chi connectivity index (χ2n) is 7.70. The van der Waals surface area contributed by atoms with E-state index in [4.69, 9.17) is 4.74 Å². The van der Waals surface area contributed by atoms with E-state index in [-0.39, 0.29) is 11.8 Å². The molecule has 31 heavy (non-hydrogen) atoms. The van der Waals surface area contributed by atoms with E-state index in [0.29, 0.717) is 35.4 Å². The fourth-order valence-electron chi connectivity index (χ4n) is 3.55. The van der Waals surface area contributed by atoms with Crippen molar-refractivity contribution < 1.29 is 9.13 Å². The molecule has 3 heterocycles. The molecular weight excluding hydrogens is 401 g/mol. The number of nitrogens with one attached hydrogen (secondary N) is 2. The SMILES string of the molecule is COc1cc(Nc2ncc(F)c(NCC3CCN(C)CC3)n2)cc(-n2nnnc2C)c1. The highest BCUT2D eigenvalue weighted by molar-refractivity contribution is 5.61. The van der Waals surface area contributed by atoms with Crippen LogP contribution in [-0.4, -0.2) is 68.9 Å². The van der Waals surface area contributed by atoms with Gasteiger partial charge in [-0.2, -0.15) is 9.67 Å². The minimum Gasteiger partial charge on any atom is -0.497 e. The fourth-order valence-corrected chi connectivity index (χ4v) is 3.55. The van der Waals surface area contributed by atoms with E-state index < -0.39 is 5.82 Å². The van der Waals surface area contributed by atoms with E-state index in [1.54, 1.807) is 24.8 Å².